The van der Waals surface area contributed by atoms with Crippen LogP contribution in [0.1, 0.15) is 24.5 Å². The Morgan fingerprint density at radius 1 is 0.909 bits per heavy atom. The van der Waals surface area contributed by atoms with E-state index in [9.17, 15) is 0 Å². The first-order chi connectivity index (χ1) is 16.1. The van der Waals surface area contributed by atoms with Crippen LogP contribution in [0.2, 0.25) is 0 Å². The van der Waals surface area contributed by atoms with Crippen LogP contribution in [0.4, 0.5) is 0 Å². The predicted molar refractivity (Wildman–Crippen MR) is 132 cm³/mol. The number of nitrogens with zero attached hydrogens (tertiary/aromatic N) is 1. The van der Waals surface area contributed by atoms with Gasteiger partial charge in [-0.2, -0.15) is 0 Å². The zero-order chi connectivity index (χ0) is 23.2. The Morgan fingerprint density at radius 3 is 2.42 bits per heavy atom. The first-order valence-electron chi connectivity index (χ1n) is 11.5. The lowest BCUT2D eigenvalue weighted by Crippen LogP contribution is -2.34. The number of fused-ring (bicyclic) bond motifs is 1. The maximum absolute atomic E-state index is 6.18. The van der Waals surface area contributed by atoms with E-state index in [0.717, 1.165) is 54.1 Å². The van der Waals surface area contributed by atoms with Gasteiger partial charge in [0.2, 0.25) is 0 Å². The molecule has 1 heterocycles. The fourth-order valence-electron chi connectivity index (χ4n) is 4.50. The number of rotatable bonds is 8. The molecule has 3 aromatic rings. The van der Waals surface area contributed by atoms with Crippen molar-refractivity contribution in [3.8, 4) is 34.1 Å². The third-order valence-corrected chi connectivity index (χ3v) is 6.38. The van der Waals surface area contributed by atoms with Gasteiger partial charge in [-0.05, 0) is 49.1 Å². The molecule has 174 valence electrons. The summed E-state index contributed by atoms with van der Waals surface area (Å²) in [7, 11) is 5.01. The molecule has 0 amide bonds. The molecule has 5 heteroatoms. The Balaban J connectivity index is 1.63. The van der Waals surface area contributed by atoms with Gasteiger partial charge in [0.05, 0.1) is 21.3 Å². The molecule has 1 atom stereocenters. The zero-order valence-electron chi connectivity index (χ0n) is 20.0. The number of hydrogen-bond acceptors (Lipinski definition) is 5. The highest BCUT2D eigenvalue weighted by Crippen LogP contribution is 2.43. The second-order valence-electron chi connectivity index (χ2n) is 8.40. The normalized spacial score (nSPS) is 14.5. The molecular formula is C28H33NO4. The van der Waals surface area contributed by atoms with Crippen LogP contribution in [-0.2, 0) is 13.0 Å². The van der Waals surface area contributed by atoms with Crippen molar-refractivity contribution in [2.45, 2.75) is 32.4 Å². The van der Waals surface area contributed by atoms with Crippen LogP contribution in [-0.4, -0.2) is 45.4 Å². The van der Waals surface area contributed by atoms with E-state index in [-0.39, 0.29) is 0 Å². The molecule has 0 fully saturated rings. The van der Waals surface area contributed by atoms with Gasteiger partial charge in [0.25, 0.3) is 0 Å². The first-order valence-corrected chi connectivity index (χ1v) is 11.5. The third kappa shape index (κ3) is 5.09. The van der Waals surface area contributed by atoms with Gasteiger partial charge in [-0.25, -0.2) is 0 Å². The van der Waals surface area contributed by atoms with Crippen LogP contribution < -0.4 is 18.9 Å². The fraction of sp³-hybridized carbons (Fsp3) is 0.357. The second-order valence-corrected chi connectivity index (χ2v) is 8.40. The Morgan fingerprint density at radius 2 is 1.70 bits per heavy atom. The van der Waals surface area contributed by atoms with Crippen LogP contribution >= 0.6 is 0 Å². The summed E-state index contributed by atoms with van der Waals surface area (Å²) >= 11 is 0. The number of ether oxygens (including phenoxy) is 4. The summed E-state index contributed by atoms with van der Waals surface area (Å²) in [5.41, 5.74) is 4.48. The number of hydrogen-bond donors (Lipinski definition) is 0. The molecule has 0 saturated heterocycles. The van der Waals surface area contributed by atoms with Gasteiger partial charge in [0, 0.05) is 30.3 Å². The van der Waals surface area contributed by atoms with Gasteiger partial charge < -0.3 is 18.9 Å². The van der Waals surface area contributed by atoms with Gasteiger partial charge in [-0.15, -0.1) is 0 Å². The summed E-state index contributed by atoms with van der Waals surface area (Å²) in [6.45, 7) is 4.63. The quantitative estimate of drug-likeness (QED) is 0.450. The van der Waals surface area contributed by atoms with Gasteiger partial charge in [-0.1, -0.05) is 42.5 Å². The molecule has 0 saturated carbocycles. The molecule has 5 nitrogen and oxygen atoms in total. The average Bonchev–Trinajstić information content (AvgIpc) is 3.09. The Bertz CT molecular complexity index is 1070. The van der Waals surface area contributed by atoms with Gasteiger partial charge >= 0.3 is 0 Å². The molecule has 3 aromatic carbocycles. The van der Waals surface area contributed by atoms with E-state index in [4.69, 9.17) is 18.9 Å². The summed E-state index contributed by atoms with van der Waals surface area (Å²) in [5, 5.41) is 0. The smallest absolute Gasteiger partial charge is 0.168 e. The SMILES string of the molecule is COc1cc(-c2cccc(OC)c2OC)cc2c1OCCN(C(C)CCc1ccccc1)C2. The van der Waals surface area contributed by atoms with Crippen molar-refractivity contribution in [2.75, 3.05) is 34.5 Å². The molecule has 1 unspecified atom stereocenters. The minimum Gasteiger partial charge on any atom is -0.493 e. The molecule has 4 rings (SSSR count). The molecule has 0 aromatic heterocycles. The molecule has 0 radical (unpaired) electrons. The van der Waals surface area contributed by atoms with Crippen molar-refractivity contribution >= 4 is 0 Å². The monoisotopic (exact) mass is 447 g/mol. The molecule has 0 spiro atoms. The average molecular weight is 448 g/mol. The van der Waals surface area contributed by atoms with Crippen LogP contribution in [0.5, 0.6) is 23.0 Å². The van der Waals surface area contributed by atoms with E-state index in [2.05, 4.69) is 48.2 Å². The topological polar surface area (TPSA) is 40.2 Å². The molecule has 1 aliphatic heterocycles. The Labute approximate surface area is 196 Å². The summed E-state index contributed by atoms with van der Waals surface area (Å²) in [6.07, 6.45) is 2.16. The highest BCUT2D eigenvalue weighted by molar-refractivity contribution is 5.77. The molecule has 1 aliphatic rings. The van der Waals surface area contributed by atoms with Crippen molar-refractivity contribution < 1.29 is 18.9 Å². The van der Waals surface area contributed by atoms with E-state index < -0.39 is 0 Å². The van der Waals surface area contributed by atoms with Crippen molar-refractivity contribution in [2.24, 2.45) is 0 Å². The van der Waals surface area contributed by atoms with Gasteiger partial charge in [0.1, 0.15) is 6.61 Å². The second kappa shape index (κ2) is 10.6. The van der Waals surface area contributed by atoms with E-state index >= 15 is 0 Å². The highest BCUT2D eigenvalue weighted by Gasteiger charge is 2.24. The summed E-state index contributed by atoms with van der Waals surface area (Å²) in [4.78, 5) is 2.50. The summed E-state index contributed by atoms with van der Waals surface area (Å²) in [6, 6.07) is 21.2. The maximum atomic E-state index is 6.18. The molecule has 0 aliphatic carbocycles. The van der Waals surface area contributed by atoms with Crippen molar-refractivity contribution in [3.63, 3.8) is 0 Å². The lowest BCUT2D eigenvalue weighted by atomic mass is 9.99. The van der Waals surface area contributed by atoms with Crippen molar-refractivity contribution in [3.05, 3.63) is 71.8 Å². The number of benzene rings is 3. The molecule has 33 heavy (non-hydrogen) atoms. The van der Waals surface area contributed by atoms with Crippen molar-refractivity contribution in [1.29, 1.82) is 0 Å². The first kappa shape index (κ1) is 23.0. The maximum Gasteiger partial charge on any atom is 0.168 e. The van der Waals surface area contributed by atoms with Gasteiger partial charge in [-0.3, -0.25) is 4.90 Å². The fourth-order valence-corrected chi connectivity index (χ4v) is 4.50. The van der Waals surface area contributed by atoms with Gasteiger partial charge in [0.15, 0.2) is 23.0 Å². The molecular weight excluding hydrogens is 414 g/mol. The van der Waals surface area contributed by atoms with E-state index in [1.54, 1.807) is 21.3 Å². The minimum absolute atomic E-state index is 0.431. The standard InChI is InChI=1S/C28H33NO4/c1-20(13-14-21-9-6-5-7-10-21)29-15-16-33-27-23(19-29)17-22(18-26(27)31-3)24-11-8-12-25(30-2)28(24)32-4/h5-12,17-18,20H,13-16,19H2,1-4H3. The Kier molecular flexibility index (Phi) is 7.40. The number of para-hydroxylation sites is 1. The lowest BCUT2D eigenvalue weighted by molar-refractivity contribution is 0.171. The number of methoxy groups -OCH3 is 3. The predicted octanol–water partition coefficient (Wildman–Crippen LogP) is 5.60. The van der Waals surface area contributed by atoms with Crippen LogP contribution in [0.25, 0.3) is 11.1 Å². The Hall–Kier alpha value is -3.18. The van der Waals surface area contributed by atoms with E-state index in [0.29, 0.717) is 24.1 Å². The molecule has 0 bridgehead atoms. The minimum atomic E-state index is 0.431. The van der Waals surface area contributed by atoms with E-state index in [1.807, 2.05) is 24.3 Å². The number of aryl methyl sites for hydroxylation is 1. The van der Waals surface area contributed by atoms with Crippen molar-refractivity contribution in [1.82, 2.24) is 4.90 Å². The highest BCUT2D eigenvalue weighted by atomic mass is 16.5. The lowest BCUT2D eigenvalue weighted by Gasteiger charge is -2.27. The summed E-state index contributed by atoms with van der Waals surface area (Å²) < 4.78 is 23.1. The largest absolute Gasteiger partial charge is 0.493 e. The van der Waals surface area contributed by atoms with E-state index in [1.165, 1.54) is 5.56 Å². The zero-order valence-corrected chi connectivity index (χ0v) is 20.0. The van der Waals surface area contributed by atoms with Crippen LogP contribution in [0, 0.1) is 0 Å². The summed E-state index contributed by atoms with van der Waals surface area (Å²) in [5.74, 6) is 2.99. The van der Waals surface area contributed by atoms with Crippen LogP contribution in [0.3, 0.4) is 0 Å². The third-order valence-electron chi connectivity index (χ3n) is 6.38. The van der Waals surface area contributed by atoms with Crippen LogP contribution in [0.15, 0.2) is 60.7 Å². The molecule has 0 N–H and O–H groups in total.